The molecule has 0 aliphatic carbocycles. The lowest BCUT2D eigenvalue weighted by Gasteiger charge is -2.22. The van der Waals surface area contributed by atoms with E-state index in [0.29, 0.717) is 5.56 Å². The number of aryl methyl sites for hydroxylation is 1. The number of carboxylic acid groups (broad SMARTS) is 1. The Morgan fingerprint density at radius 1 is 1.39 bits per heavy atom. The summed E-state index contributed by atoms with van der Waals surface area (Å²) in [5.74, 6) is -3.67. The van der Waals surface area contributed by atoms with E-state index in [2.05, 4.69) is 0 Å². The molecular formula is C12H10FNO4. The molecule has 0 aromatic heterocycles. The Kier molecular flexibility index (Phi) is 2.65. The fourth-order valence-corrected chi connectivity index (χ4v) is 2.03. The van der Waals surface area contributed by atoms with Crippen molar-refractivity contribution in [1.29, 1.82) is 0 Å². The lowest BCUT2D eigenvalue weighted by molar-refractivity contribution is -0.139. The Labute approximate surface area is 102 Å². The Bertz CT molecular complexity index is 582. The van der Waals surface area contributed by atoms with Gasteiger partial charge in [0.1, 0.15) is 11.9 Å². The molecule has 1 aliphatic rings. The molecule has 18 heavy (non-hydrogen) atoms. The molecule has 1 aromatic carbocycles. The van der Waals surface area contributed by atoms with E-state index in [4.69, 9.17) is 5.11 Å². The first-order chi connectivity index (χ1) is 8.34. The van der Waals surface area contributed by atoms with Crippen molar-refractivity contribution in [1.82, 2.24) is 0 Å². The maximum absolute atomic E-state index is 13.2. The first-order valence-corrected chi connectivity index (χ1v) is 5.25. The van der Waals surface area contributed by atoms with Crippen molar-refractivity contribution in [2.45, 2.75) is 19.9 Å². The molecule has 1 aliphatic heterocycles. The second-order valence-corrected chi connectivity index (χ2v) is 4.14. The fraction of sp³-hybridized carbons (Fsp3) is 0.250. The summed E-state index contributed by atoms with van der Waals surface area (Å²) in [5, 5.41) is 8.94. The molecule has 1 amide bonds. The van der Waals surface area contributed by atoms with Crippen LogP contribution in [-0.2, 0) is 9.59 Å². The number of amides is 1. The first-order valence-electron chi connectivity index (χ1n) is 5.25. The lowest BCUT2D eigenvalue weighted by atomic mass is 10.1. The highest BCUT2D eigenvalue weighted by molar-refractivity contribution is 6.53. The average molecular weight is 251 g/mol. The van der Waals surface area contributed by atoms with Crippen molar-refractivity contribution in [3.05, 3.63) is 29.1 Å². The van der Waals surface area contributed by atoms with Gasteiger partial charge in [-0.15, -0.1) is 0 Å². The average Bonchev–Trinajstić information content (AvgIpc) is 2.52. The van der Waals surface area contributed by atoms with Crippen LogP contribution in [0, 0.1) is 12.7 Å². The molecule has 0 spiro atoms. The molecule has 0 saturated heterocycles. The van der Waals surface area contributed by atoms with Gasteiger partial charge in [0.05, 0.1) is 11.3 Å². The number of hydrogen-bond acceptors (Lipinski definition) is 3. The number of ketones is 1. The summed E-state index contributed by atoms with van der Waals surface area (Å²) in [6.45, 7) is 2.82. The summed E-state index contributed by atoms with van der Waals surface area (Å²) in [6, 6.07) is 0.940. The standard InChI is InChI=1S/C12H10FNO4/c1-5-3-7(13)4-8-9(5)14(6(2)12(17)18)11(16)10(8)15/h3-4,6H,1-2H3,(H,17,18). The third-order valence-electron chi connectivity index (χ3n) is 2.91. The minimum atomic E-state index is -1.23. The number of anilines is 1. The van der Waals surface area contributed by atoms with E-state index < -0.39 is 29.5 Å². The number of halogens is 1. The van der Waals surface area contributed by atoms with Gasteiger partial charge in [0, 0.05) is 0 Å². The largest absolute Gasteiger partial charge is 0.480 e. The van der Waals surface area contributed by atoms with Gasteiger partial charge in [-0.1, -0.05) is 0 Å². The summed E-state index contributed by atoms with van der Waals surface area (Å²) < 4.78 is 13.2. The van der Waals surface area contributed by atoms with Gasteiger partial charge in [0.25, 0.3) is 11.7 Å². The molecule has 0 fully saturated rings. The van der Waals surface area contributed by atoms with Crippen molar-refractivity contribution < 1.29 is 23.9 Å². The van der Waals surface area contributed by atoms with Crippen LogP contribution in [0.5, 0.6) is 0 Å². The summed E-state index contributed by atoms with van der Waals surface area (Å²) >= 11 is 0. The number of carbonyl (C=O) groups is 3. The lowest BCUT2D eigenvalue weighted by Crippen LogP contribution is -2.42. The van der Waals surface area contributed by atoms with Crippen LogP contribution >= 0.6 is 0 Å². The van der Waals surface area contributed by atoms with Crippen molar-refractivity contribution in [3.63, 3.8) is 0 Å². The topological polar surface area (TPSA) is 74.7 Å². The van der Waals surface area contributed by atoms with Crippen LogP contribution in [0.15, 0.2) is 12.1 Å². The van der Waals surface area contributed by atoms with Gasteiger partial charge in [0.2, 0.25) is 0 Å². The van der Waals surface area contributed by atoms with Crippen LogP contribution in [0.2, 0.25) is 0 Å². The number of aliphatic carboxylic acids is 1. The minimum absolute atomic E-state index is 0.0781. The number of benzene rings is 1. The van der Waals surface area contributed by atoms with Gasteiger partial charge in [-0.05, 0) is 31.5 Å². The molecule has 0 radical (unpaired) electrons. The molecule has 1 N–H and O–H groups in total. The third-order valence-corrected chi connectivity index (χ3v) is 2.91. The predicted octanol–water partition coefficient (Wildman–Crippen LogP) is 1.14. The zero-order valence-electron chi connectivity index (χ0n) is 9.73. The number of hydrogen-bond donors (Lipinski definition) is 1. The monoisotopic (exact) mass is 251 g/mol. The Morgan fingerprint density at radius 2 is 2.00 bits per heavy atom. The molecular weight excluding hydrogens is 241 g/mol. The van der Waals surface area contributed by atoms with Crippen LogP contribution in [0.4, 0.5) is 10.1 Å². The van der Waals surface area contributed by atoms with Crippen molar-refractivity contribution in [2.75, 3.05) is 4.90 Å². The number of Topliss-reactive ketones (excluding diaryl/α,β-unsaturated/α-hetero) is 1. The predicted molar refractivity (Wildman–Crippen MR) is 60.1 cm³/mol. The highest BCUT2D eigenvalue weighted by Crippen LogP contribution is 2.34. The van der Waals surface area contributed by atoms with E-state index in [1.807, 2.05) is 0 Å². The van der Waals surface area contributed by atoms with Gasteiger partial charge in [-0.2, -0.15) is 0 Å². The maximum Gasteiger partial charge on any atom is 0.326 e. The molecule has 5 nitrogen and oxygen atoms in total. The van der Waals surface area contributed by atoms with Crippen LogP contribution in [0.1, 0.15) is 22.8 Å². The van der Waals surface area contributed by atoms with Crippen LogP contribution in [0.3, 0.4) is 0 Å². The normalized spacial score (nSPS) is 15.8. The third kappa shape index (κ3) is 1.57. The highest BCUT2D eigenvalue weighted by Gasteiger charge is 2.42. The first kappa shape index (κ1) is 12.2. The van der Waals surface area contributed by atoms with Gasteiger partial charge >= 0.3 is 5.97 Å². The quantitative estimate of drug-likeness (QED) is 0.800. The molecule has 94 valence electrons. The summed E-state index contributed by atoms with van der Waals surface area (Å²) in [7, 11) is 0. The highest BCUT2D eigenvalue weighted by atomic mass is 19.1. The number of carboxylic acids is 1. The molecule has 1 atom stereocenters. The fourth-order valence-electron chi connectivity index (χ4n) is 2.03. The smallest absolute Gasteiger partial charge is 0.326 e. The maximum atomic E-state index is 13.2. The molecule has 1 heterocycles. The Hall–Kier alpha value is -2.24. The zero-order chi connectivity index (χ0) is 13.6. The van der Waals surface area contributed by atoms with E-state index in [1.54, 1.807) is 0 Å². The van der Waals surface area contributed by atoms with E-state index in [-0.39, 0.29) is 11.3 Å². The van der Waals surface area contributed by atoms with Crippen LogP contribution < -0.4 is 4.90 Å². The Balaban J connectivity index is 2.65. The van der Waals surface area contributed by atoms with Gasteiger partial charge in [-0.25, -0.2) is 9.18 Å². The number of carbonyl (C=O) groups excluding carboxylic acids is 2. The van der Waals surface area contributed by atoms with Gasteiger partial charge in [-0.3, -0.25) is 14.5 Å². The molecule has 0 bridgehead atoms. The van der Waals surface area contributed by atoms with E-state index >= 15 is 0 Å². The van der Waals surface area contributed by atoms with Gasteiger partial charge < -0.3 is 5.11 Å². The molecule has 0 saturated carbocycles. The molecule has 2 rings (SSSR count). The summed E-state index contributed by atoms with van der Waals surface area (Å²) in [4.78, 5) is 35.3. The zero-order valence-corrected chi connectivity index (χ0v) is 9.73. The van der Waals surface area contributed by atoms with E-state index in [0.717, 1.165) is 17.0 Å². The van der Waals surface area contributed by atoms with Crippen molar-refractivity contribution >= 4 is 23.3 Å². The van der Waals surface area contributed by atoms with E-state index in [9.17, 15) is 18.8 Å². The van der Waals surface area contributed by atoms with Crippen molar-refractivity contribution in [3.8, 4) is 0 Å². The Morgan fingerprint density at radius 3 is 2.56 bits per heavy atom. The number of rotatable bonds is 2. The molecule has 1 unspecified atom stereocenters. The number of nitrogens with zero attached hydrogens (tertiary/aromatic N) is 1. The van der Waals surface area contributed by atoms with E-state index in [1.165, 1.54) is 13.8 Å². The second kappa shape index (κ2) is 3.90. The molecule has 1 aromatic rings. The van der Waals surface area contributed by atoms with Crippen LogP contribution in [-0.4, -0.2) is 28.8 Å². The second-order valence-electron chi connectivity index (χ2n) is 4.14. The number of fused-ring (bicyclic) bond motifs is 1. The summed E-state index contributed by atoms with van der Waals surface area (Å²) in [6.07, 6.45) is 0. The van der Waals surface area contributed by atoms with Crippen LogP contribution in [0.25, 0.3) is 0 Å². The SMILES string of the molecule is Cc1cc(F)cc2c1N(C(C)C(=O)O)C(=O)C2=O. The minimum Gasteiger partial charge on any atom is -0.480 e. The molecule has 6 heteroatoms. The van der Waals surface area contributed by atoms with Gasteiger partial charge in [0.15, 0.2) is 0 Å². The summed E-state index contributed by atoms with van der Waals surface area (Å²) in [5.41, 5.74) is 0.462. The van der Waals surface area contributed by atoms with Crippen molar-refractivity contribution in [2.24, 2.45) is 0 Å².